The van der Waals surface area contributed by atoms with Crippen molar-refractivity contribution in [2.75, 3.05) is 6.54 Å². The molecule has 0 saturated carbocycles. The van der Waals surface area contributed by atoms with Crippen molar-refractivity contribution in [1.82, 2.24) is 24.6 Å². The zero-order chi connectivity index (χ0) is 22.0. The minimum atomic E-state index is -0.250. The van der Waals surface area contributed by atoms with Gasteiger partial charge in [-0.1, -0.05) is 54.1 Å². The van der Waals surface area contributed by atoms with Crippen LogP contribution in [0.5, 0.6) is 0 Å². The van der Waals surface area contributed by atoms with Crippen LogP contribution in [-0.2, 0) is 13.1 Å². The van der Waals surface area contributed by atoms with Crippen molar-refractivity contribution >= 4 is 28.4 Å². The SMILES string of the molecule is CCN(Cc1nc2ccccc2c(=O)[nH]1)C(=O)c1c(C)nn(Cc2ccccc2)c1Cl. The summed E-state index contributed by atoms with van der Waals surface area (Å²) in [6.07, 6.45) is 0. The molecule has 2 aromatic carbocycles. The molecule has 0 aliphatic rings. The molecule has 2 heterocycles. The third-order valence-corrected chi connectivity index (χ3v) is 5.51. The van der Waals surface area contributed by atoms with Crippen molar-refractivity contribution in [2.24, 2.45) is 0 Å². The molecule has 158 valence electrons. The Morgan fingerprint density at radius 1 is 1.13 bits per heavy atom. The Morgan fingerprint density at radius 3 is 2.58 bits per heavy atom. The molecule has 0 fully saturated rings. The van der Waals surface area contributed by atoms with Gasteiger partial charge in [-0.25, -0.2) is 9.67 Å². The third kappa shape index (κ3) is 4.22. The van der Waals surface area contributed by atoms with Gasteiger partial charge < -0.3 is 9.88 Å². The van der Waals surface area contributed by atoms with E-state index in [1.54, 1.807) is 34.7 Å². The number of benzene rings is 2. The van der Waals surface area contributed by atoms with Gasteiger partial charge in [0.05, 0.1) is 35.2 Å². The topological polar surface area (TPSA) is 83.9 Å². The van der Waals surface area contributed by atoms with E-state index in [1.165, 1.54) is 0 Å². The van der Waals surface area contributed by atoms with Crippen LogP contribution in [0.25, 0.3) is 10.9 Å². The number of hydrogen-bond donors (Lipinski definition) is 1. The lowest BCUT2D eigenvalue weighted by molar-refractivity contribution is 0.0748. The van der Waals surface area contributed by atoms with Gasteiger partial charge in [-0.15, -0.1) is 0 Å². The largest absolute Gasteiger partial charge is 0.331 e. The molecule has 0 bridgehead atoms. The van der Waals surface area contributed by atoms with Crippen molar-refractivity contribution in [3.8, 4) is 0 Å². The van der Waals surface area contributed by atoms with E-state index in [9.17, 15) is 9.59 Å². The van der Waals surface area contributed by atoms with E-state index < -0.39 is 0 Å². The average Bonchev–Trinajstić information content (AvgIpc) is 3.05. The Kier molecular flexibility index (Phi) is 5.86. The first-order valence-corrected chi connectivity index (χ1v) is 10.4. The van der Waals surface area contributed by atoms with Gasteiger partial charge in [0.2, 0.25) is 0 Å². The highest BCUT2D eigenvalue weighted by molar-refractivity contribution is 6.33. The van der Waals surface area contributed by atoms with Crippen LogP contribution in [-0.4, -0.2) is 37.1 Å². The van der Waals surface area contributed by atoms with Gasteiger partial charge in [-0.3, -0.25) is 9.59 Å². The summed E-state index contributed by atoms with van der Waals surface area (Å²) in [5.41, 5.74) is 2.33. The van der Waals surface area contributed by atoms with E-state index in [-0.39, 0.29) is 18.0 Å². The number of nitrogens with zero attached hydrogens (tertiary/aromatic N) is 4. The fourth-order valence-corrected chi connectivity index (χ4v) is 3.85. The molecule has 4 aromatic rings. The second-order valence-corrected chi connectivity index (χ2v) is 7.60. The molecule has 2 aromatic heterocycles. The molecule has 0 radical (unpaired) electrons. The van der Waals surface area contributed by atoms with Gasteiger partial charge in [0.1, 0.15) is 11.0 Å². The van der Waals surface area contributed by atoms with Crippen molar-refractivity contribution in [1.29, 1.82) is 0 Å². The highest BCUT2D eigenvalue weighted by Gasteiger charge is 2.25. The Morgan fingerprint density at radius 2 is 1.84 bits per heavy atom. The summed E-state index contributed by atoms with van der Waals surface area (Å²) in [4.78, 5) is 34.5. The average molecular weight is 436 g/mol. The van der Waals surface area contributed by atoms with E-state index >= 15 is 0 Å². The van der Waals surface area contributed by atoms with E-state index in [0.29, 0.717) is 46.2 Å². The first-order valence-electron chi connectivity index (χ1n) is 10.0. The zero-order valence-electron chi connectivity index (χ0n) is 17.3. The number of nitrogens with one attached hydrogen (secondary N) is 1. The smallest absolute Gasteiger partial charge is 0.259 e. The second-order valence-electron chi connectivity index (χ2n) is 7.24. The molecule has 0 spiro atoms. The van der Waals surface area contributed by atoms with Gasteiger partial charge in [-0.05, 0) is 31.5 Å². The van der Waals surface area contributed by atoms with E-state index in [0.717, 1.165) is 5.56 Å². The summed E-state index contributed by atoms with van der Waals surface area (Å²) in [5.74, 6) is 0.171. The second kappa shape index (κ2) is 8.73. The number of carbonyl (C=O) groups is 1. The number of rotatable bonds is 6. The lowest BCUT2D eigenvalue weighted by Crippen LogP contribution is -2.32. The molecular formula is C23H22ClN5O2. The number of carbonyl (C=O) groups excluding carboxylic acids is 1. The minimum Gasteiger partial charge on any atom is -0.331 e. The molecule has 8 heteroatoms. The molecular weight excluding hydrogens is 414 g/mol. The summed E-state index contributed by atoms with van der Waals surface area (Å²) in [5, 5.41) is 5.28. The fourth-order valence-electron chi connectivity index (χ4n) is 3.53. The van der Waals surface area contributed by atoms with Crippen LogP contribution in [0.1, 0.15) is 34.4 Å². The van der Waals surface area contributed by atoms with Crippen molar-refractivity contribution < 1.29 is 4.79 Å². The van der Waals surface area contributed by atoms with Crippen LogP contribution >= 0.6 is 11.6 Å². The summed E-state index contributed by atoms with van der Waals surface area (Å²) in [6.45, 7) is 4.70. The Labute approximate surface area is 184 Å². The molecule has 1 N–H and O–H groups in total. The van der Waals surface area contributed by atoms with E-state index in [4.69, 9.17) is 11.6 Å². The van der Waals surface area contributed by atoms with Crippen molar-refractivity contribution in [2.45, 2.75) is 26.9 Å². The number of halogens is 1. The van der Waals surface area contributed by atoms with E-state index in [2.05, 4.69) is 15.1 Å². The maximum absolute atomic E-state index is 13.3. The lowest BCUT2D eigenvalue weighted by atomic mass is 10.2. The van der Waals surface area contributed by atoms with Crippen LogP contribution in [0.15, 0.2) is 59.4 Å². The quantitative estimate of drug-likeness (QED) is 0.499. The molecule has 0 aliphatic carbocycles. The molecule has 31 heavy (non-hydrogen) atoms. The first-order chi connectivity index (χ1) is 15.0. The predicted molar refractivity (Wildman–Crippen MR) is 120 cm³/mol. The van der Waals surface area contributed by atoms with Gasteiger partial charge in [0, 0.05) is 6.54 Å². The van der Waals surface area contributed by atoms with E-state index in [1.807, 2.05) is 43.3 Å². The fraction of sp³-hybridized carbons (Fsp3) is 0.217. The van der Waals surface area contributed by atoms with Crippen LogP contribution in [0, 0.1) is 6.92 Å². The van der Waals surface area contributed by atoms with Crippen LogP contribution in [0.3, 0.4) is 0 Å². The van der Waals surface area contributed by atoms with Gasteiger partial charge in [0.15, 0.2) is 0 Å². The number of amides is 1. The number of fused-ring (bicyclic) bond motifs is 1. The molecule has 0 saturated heterocycles. The van der Waals surface area contributed by atoms with Gasteiger partial charge >= 0.3 is 0 Å². The number of hydrogen-bond acceptors (Lipinski definition) is 4. The predicted octanol–water partition coefficient (Wildman–Crippen LogP) is 3.79. The summed E-state index contributed by atoms with van der Waals surface area (Å²) >= 11 is 6.56. The van der Waals surface area contributed by atoms with Crippen LogP contribution in [0.2, 0.25) is 5.15 Å². The molecule has 0 atom stereocenters. The van der Waals surface area contributed by atoms with Crippen LogP contribution in [0.4, 0.5) is 0 Å². The molecule has 4 rings (SSSR count). The summed E-state index contributed by atoms with van der Waals surface area (Å²) in [6, 6.07) is 16.9. The molecule has 0 aliphatic heterocycles. The molecule has 0 unspecified atom stereocenters. The monoisotopic (exact) mass is 435 g/mol. The lowest BCUT2D eigenvalue weighted by Gasteiger charge is -2.20. The van der Waals surface area contributed by atoms with Crippen molar-refractivity contribution in [3.05, 3.63) is 92.7 Å². The standard InChI is InChI=1S/C23H22ClN5O2/c1-3-28(14-19-25-18-12-8-7-11-17(18)22(30)26-19)23(31)20-15(2)27-29(21(20)24)13-16-9-5-4-6-10-16/h4-12H,3,13-14H2,1-2H3,(H,25,26,30). The number of para-hydroxylation sites is 1. The molecule has 1 amide bonds. The number of aromatic nitrogens is 4. The summed E-state index contributed by atoms with van der Waals surface area (Å²) in [7, 11) is 0. The Balaban J connectivity index is 1.61. The number of H-pyrrole nitrogens is 1. The number of aryl methyl sites for hydroxylation is 1. The highest BCUT2D eigenvalue weighted by atomic mass is 35.5. The highest BCUT2D eigenvalue weighted by Crippen LogP contribution is 2.23. The van der Waals surface area contributed by atoms with Gasteiger partial charge in [0.25, 0.3) is 11.5 Å². The maximum atomic E-state index is 13.3. The zero-order valence-corrected chi connectivity index (χ0v) is 18.1. The summed E-state index contributed by atoms with van der Waals surface area (Å²) < 4.78 is 1.63. The number of aromatic amines is 1. The van der Waals surface area contributed by atoms with Crippen LogP contribution < -0.4 is 5.56 Å². The molecule has 7 nitrogen and oxygen atoms in total. The normalized spacial score (nSPS) is 11.1. The Hall–Kier alpha value is -3.45. The first kappa shape index (κ1) is 20.8. The maximum Gasteiger partial charge on any atom is 0.259 e. The Bertz CT molecular complexity index is 1300. The minimum absolute atomic E-state index is 0.162. The van der Waals surface area contributed by atoms with Gasteiger partial charge in [-0.2, -0.15) is 5.10 Å². The van der Waals surface area contributed by atoms with Crippen molar-refractivity contribution in [3.63, 3.8) is 0 Å². The third-order valence-electron chi connectivity index (χ3n) is 5.13.